The third kappa shape index (κ3) is 4.31. The van der Waals surface area contributed by atoms with Gasteiger partial charge in [-0.1, -0.05) is 30.3 Å². The Morgan fingerprint density at radius 1 is 1.06 bits per heavy atom. The first-order chi connectivity index (χ1) is 15.6. The van der Waals surface area contributed by atoms with E-state index in [0.717, 1.165) is 43.3 Å². The van der Waals surface area contributed by atoms with Crippen molar-refractivity contribution < 1.29 is 4.39 Å². The predicted molar refractivity (Wildman–Crippen MR) is 123 cm³/mol. The summed E-state index contributed by atoms with van der Waals surface area (Å²) in [5, 5.41) is 13.8. The topological polar surface area (TPSA) is 53.0 Å². The van der Waals surface area contributed by atoms with Crippen molar-refractivity contribution in [3.05, 3.63) is 76.1 Å². The Balaban J connectivity index is 1.28. The largest absolute Gasteiger partial charge is 0.367 e. The van der Waals surface area contributed by atoms with Crippen LogP contribution in [-0.4, -0.2) is 45.4 Å². The predicted octanol–water partition coefficient (Wildman–Crippen LogP) is 4.13. The third-order valence-electron chi connectivity index (χ3n) is 6.20. The van der Waals surface area contributed by atoms with E-state index in [2.05, 4.69) is 33.7 Å². The molecular formula is C24H25FN6S. The van der Waals surface area contributed by atoms with Gasteiger partial charge in [-0.25, -0.2) is 9.07 Å². The van der Waals surface area contributed by atoms with Crippen LogP contribution in [0.4, 0.5) is 10.1 Å². The standard InChI is InChI=1S/C24H25FN6S/c25-21-14-19(15-26)6-9-22(21)29-12-10-28(11-13-29)17-31-24(32)30(23(27-31)20-7-8-20)16-18-4-2-1-3-5-18/h1-6,9,14,20H,7-8,10-13,16-17H2. The van der Waals surface area contributed by atoms with Gasteiger partial charge >= 0.3 is 0 Å². The van der Waals surface area contributed by atoms with Crippen LogP contribution in [0.1, 0.15) is 35.7 Å². The summed E-state index contributed by atoms with van der Waals surface area (Å²) >= 11 is 5.82. The summed E-state index contributed by atoms with van der Waals surface area (Å²) in [5.41, 5.74) is 2.13. The van der Waals surface area contributed by atoms with Crippen molar-refractivity contribution in [2.24, 2.45) is 0 Å². The van der Waals surface area contributed by atoms with Gasteiger partial charge in [0.25, 0.3) is 0 Å². The van der Waals surface area contributed by atoms with Crippen molar-refractivity contribution >= 4 is 17.9 Å². The highest BCUT2D eigenvalue weighted by Gasteiger charge is 2.30. The zero-order valence-corrected chi connectivity index (χ0v) is 18.6. The average Bonchev–Trinajstić information content (AvgIpc) is 3.62. The van der Waals surface area contributed by atoms with E-state index in [1.807, 2.05) is 21.7 Å². The number of aromatic nitrogens is 3. The van der Waals surface area contributed by atoms with Crippen LogP contribution in [0.25, 0.3) is 0 Å². The van der Waals surface area contributed by atoms with E-state index in [0.29, 0.717) is 23.8 Å². The van der Waals surface area contributed by atoms with Crippen molar-refractivity contribution in [1.82, 2.24) is 19.2 Å². The maximum Gasteiger partial charge on any atom is 0.199 e. The van der Waals surface area contributed by atoms with E-state index in [4.69, 9.17) is 22.6 Å². The molecule has 3 aromatic rings. The second-order valence-corrected chi connectivity index (χ2v) is 8.88. The van der Waals surface area contributed by atoms with Crippen molar-refractivity contribution in [3.8, 4) is 6.07 Å². The lowest BCUT2D eigenvalue weighted by atomic mass is 10.2. The molecule has 1 aromatic heterocycles. The monoisotopic (exact) mass is 448 g/mol. The van der Waals surface area contributed by atoms with Crippen LogP contribution in [0.5, 0.6) is 0 Å². The minimum absolute atomic E-state index is 0.339. The van der Waals surface area contributed by atoms with Gasteiger partial charge in [0.15, 0.2) is 4.77 Å². The highest BCUT2D eigenvalue weighted by Crippen LogP contribution is 2.39. The molecule has 1 saturated heterocycles. The van der Waals surface area contributed by atoms with Gasteiger partial charge in [0, 0.05) is 32.1 Å². The van der Waals surface area contributed by atoms with E-state index in [9.17, 15) is 4.39 Å². The lowest BCUT2D eigenvalue weighted by Crippen LogP contribution is -2.47. The number of nitrogens with zero attached hydrogens (tertiary/aromatic N) is 6. The summed E-state index contributed by atoms with van der Waals surface area (Å²) < 4.78 is 19.3. The van der Waals surface area contributed by atoms with E-state index in [-0.39, 0.29) is 5.82 Å². The van der Waals surface area contributed by atoms with Gasteiger partial charge in [-0.05, 0) is 48.8 Å². The molecule has 0 spiro atoms. The highest BCUT2D eigenvalue weighted by atomic mass is 32.1. The molecule has 32 heavy (non-hydrogen) atoms. The summed E-state index contributed by atoms with van der Waals surface area (Å²) in [6.45, 7) is 4.42. The lowest BCUT2D eigenvalue weighted by molar-refractivity contribution is 0.193. The molecule has 2 aromatic carbocycles. The molecule has 1 aliphatic heterocycles. The van der Waals surface area contributed by atoms with Crippen LogP contribution in [-0.2, 0) is 13.2 Å². The summed E-state index contributed by atoms with van der Waals surface area (Å²) in [4.78, 5) is 4.35. The number of anilines is 1. The molecule has 0 radical (unpaired) electrons. The van der Waals surface area contributed by atoms with Gasteiger partial charge in [0.2, 0.25) is 0 Å². The molecular weight excluding hydrogens is 423 g/mol. The number of hydrogen-bond donors (Lipinski definition) is 0. The molecule has 0 amide bonds. The number of benzene rings is 2. The number of nitriles is 1. The Bertz CT molecular complexity index is 1200. The second-order valence-electron chi connectivity index (χ2n) is 8.51. The Labute approximate surface area is 192 Å². The molecule has 1 aliphatic carbocycles. The SMILES string of the molecule is N#Cc1ccc(N2CCN(Cn3nc(C4CC4)n(Cc4ccccc4)c3=S)CC2)c(F)c1. The van der Waals surface area contributed by atoms with Crippen LogP contribution < -0.4 is 4.90 Å². The van der Waals surface area contributed by atoms with Crippen molar-refractivity contribution in [2.45, 2.75) is 32.0 Å². The molecule has 5 rings (SSSR count). The summed E-state index contributed by atoms with van der Waals surface area (Å²) in [7, 11) is 0. The van der Waals surface area contributed by atoms with E-state index in [1.54, 1.807) is 12.1 Å². The Morgan fingerprint density at radius 2 is 1.81 bits per heavy atom. The average molecular weight is 449 g/mol. The fourth-order valence-electron chi connectivity index (χ4n) is 4.26. The maximum atomic E-state index is 14.4. The fraction of sp³-hybridized carbons (Fsp3) is 0.375. The smallest absolute Gasteiger partial charge is 0.199 e. The van der Waals surface area contributed by atoms with Crippen molar-refractivity contribution in [1.29, 1.82) is 5.26 Å². The third-order valence-corrected chi connectivity index (χ3v) is 6.63. The first-order valence-electron chi connectivity index (χ1n) is 11.0. The molecule has 0 N–H and O–H groups in total. The van der Waals surface area contributed by atoms with Crippen molar-refractivity contribution in [2.75, 3.05) is 31.1 Å². The van der Waals surface area contributed by atoms with Gasteiger partial charge in [-0.3, -0.25) is 9.47 Å². The van der Waals surface area contributed by atoms with E-state index < -0.39 is 0 Å². The molecule has 2 heterocycles. The summed E-state index contributed by atoms with van der Waals surface area (Å²) in [5.74, 6) is 1.27. The Kier molecular flexibility index (Phi) is 5.77. The molecule has 2 aliphatic rings. The normalized spacial score (nSPS) is 16.8. The quantitative estimate of drug-likeness (QED) is 0.531. The van der Waals surface area contributed by atoms with Crippen LogP contribution >= 0.6 is 12.2 Å². The number of hydrogen-bond acceptors (Lipinski definition) is 5. The minimum atomic E-state index is -0.339. The van der Waals surface area contributed by atoms with Gasteiger partial charge in [-0.15, -0.1) is 0 Å². The highest BCUT2D eigenvalue weighted by molar-refractivity contribution is 7.71. The molecule has 1 saturated carbocycles. The number of halogens is 1. The summed E-state index contributed by atoms with van der Waals surface area (Å²) in [6, 6.07) is 17.0. The molecule has 8 heteroatoms. The van der Waals surface area contributed by atoms with Crippen molar-refractivity contribution in [3.63, 3.8) is 0 Å². The molecule has 164 valence electrons. The molecule has 6 nitrogen and oxygen atoms in total. The van der Waals surface area contributed by atoms with Crippen LogP contribution in [0.15, 0.2) is 48.5 Å². The van der Waals surface area contributed by atoms with Crippen LogP contribution in [0.2, 0.25) is 0 Å². The Morgan fingerprint density at radius 3 is 2.47 bits per heavy atom. The van der Waals surface area contributed by atoms with Gasteiger partial charge in [-0.2, -0.15) is 10.4 Å². The molecule has 0 bridgehead atoms. The van der Waals surface area contributed by atoms with Crippen LogP contribution in [0.3, 0.4) is 0 Å². The second kappa shape index (κ2) is 8.85. The first-order valence-corrected chi connectivity index (χ1v) is 11.4. The lowest BCUT2D eigenvalue weighted by Gasteiger charge is -2.36. The van der Waals surface area contributed by atoms with E-state index in [1.165, 1.54) is 24.5 Å². The van der Waals surface area contributed by atoms with Gasteiger partial charge in [0.05, 0.1) is 30.5 Å². The zero-order chi connectivity index (χ0) is 22.1. The molecule has 0 atom stereocenters. The zero-order valence-electron chi connectivity index (χ0n) is 17.8. The van der Waals surface area contributed by atoms with Gasteiger partial charge in [0.1, 0.15) is 11.6 Å². The maximum absolute atomic E-state index is 14.4. The number of rotatable bonds is 6. The first kappa shape index (κ1) is 20.9. The van der Waals surface area contributed by atoms with Gasteiger partial charge < -0.3 is 4.90 Å². The van der Waals surface area contributed by atoms with E-state index >= 15 is 0 Å². The number of piperazine rings is 1. The van der Waals surface area contributed by atoms with Crippen LogP contribution in [0, 0.1) is 21.9 Å². The molecule has 2 fully saturated rings. The minimum Gasteiger partial charge on any atom is -0.367 e. The summed E-state index contributed by atoms with van der Waals surface area (Å²) in [6.07, 6.45) is 2.35. The molecule has 0 unspecified atom stereocenters. The Hall–Kier alpha value is -3.02. The fourth-order valence-corrected chi connectivity index (χ4v) is 4.52.